The molecule has 1 aliphatic carbocycles. The van der Waals surface area contributed by atoms with Crippen LogP contribution >= 0.6 is 0 Å². The third-order valence-corrected chi connectivity index (χ3v) is 6.03. The van der Waals surface area contributed by atoms with E-state index in [1.165, 1.54) is 37.7 Å². The number of aromatic nitrogens is 2. The monoisotopic (exact) mass is 463 g/mol. The molecule has 2 N–H and O–H groups in total. The summed E-state index contributed by atoms with van der Waals surface area (Å²) in [5, 5.41) is 0. The standard InChI is InChI=1S/C13H14N2O2.C13H19N.C3H8/c1-15-7-10(11(8-15)13(14)16)9-5-3-4-6-12(9)17-2;1-10-3-5-12(6-4-10)13-7-8-14-11(2)9-13;1-3-2/h3-8H,1-2H3,(H2,14,16);7-10,12H,3-6H2,1-2H3;3H2,1-2H3. The molecular formula is C29H41N3O2. The van der Waals surface area contributed by atoms with Gasteiger partial charge in [-0.1, -0.05) is 58.2 Å². The number of benzene rings is 1. The molecule has 2 aromatic heterocycles. The summed E-state index contributed by atoms with van der Waals surface area (Å²) in [4.78, 5) is 15.6. The number of amides is 1. The number of carbonyl (C=O) groups excluding carboxylic acids is 1. The summed E-state index contributed by atoms with van der Waals surface area (Å²) < 4.78 is 7.09. The summed E-state index contributed by atoms with van der Waals surface area (Å²) in [6, 6.07) is 12.0. The lowest BCUT2D eigenvalue weighted by Crippen LogP contribution is -2.11. The molecule has 5 heteroatoms. The summed E-state index contributed by atoms with van der Waals surface area (Å²) >= 11 is 0. The van der Waals surface area contributed by atoms with E-state index < -0.39 is 5.91 Å². The highest BCUT2D eigenvalue weighted by atomic mass is 16.5. The van der Waals surface area contributed by atoms with Crippen molar-refractivity contribution in [2.45, 2.75) is 65.7 Å². The Labute approximate surface area is 205 Å². The molecule has 0 atom stereocenters. The van der Waals surface area contributed by atoms with Crippen LogP contribution in [-0.4, -0.2) is 22.6 Å². The third kappa shape index (κ3) is 7.75. The van der Waals surface area contributed by atoms with Crippen LogP contribution in [0.5, 0.6) is 5.75 Å². The zero-order valence-corrected chi connectivity index (χ0v) is 21.7. The summed E-state index contributed by atoms with van der Waals surface area (Å²) in [5.74, 6) is 2.02. The normalized spacial score (nSPS) is 17.0. The molecule has 4 rings (SSSR count). The Bertz CT molecular complexity index is 1030. The maximum atomic E-state index is 11.4. The molecule has 1 amide bonds. The molecule has 0 unspecified atom stereocenters. The molecule has 3 aromatic rings. The fourth-order valence-corrected chi connectivity index (χ4v) is 4.28. The van der Waals surface area contributed by atoms with Crippen molar-refractivity contribution < 1.29 is 9.53 Å². The van der Waals surface area contributed by atoms with E-state index in [2.05, 4.69) is 44.8 Å². The number of para-hydroxylation sites is 1. The Morgan fingerprint density at radius 3 is 2.32 bits per heavy atom. The van der Waals surface area contributed by atoms with Gasteiger partial charge in [0.25, 0.3) is 5.91 Å². The number of hydrogen-bond donors (Lipinski definition) is 1. The second-order valence-corrected chi connectivity index (χ2v) is 9.21. The zero-order valence-electron chi connectivity index (χ0n) is 21.7. The second kappa shape index (κ2) is 13.6. The first kappa shape index (κ1) is 27.2. The van der Waals surface area contributed by atoms with Crippen molar-refractivity contribution in [3.63, 3.8) is 0 Å². The van der Waals surface area contributed by atoms with Crippen molar-refractivity contribution in [1.29, 1.82) is 0 Å². The molecule has 1 fully saturated rings. The van der Waals surface area contributed by atoms with Crippen molar-refractivity contribution in [2.24, 2.45) is 18.7 Å². The van der Waals surface area contributed by atoms with Gasteiger partial charge in [0.15, 0.2) is 0 Å². The molecule has 0 spiro atoms. The van der Waals surface area contributed by atoms with Crippen molar-refractivity contribution in [3.8, 4) is 16.9 Å². The van der Waals surface area contributed by atoms with Crippen LogP contribution in [0.2, 0.25) is 0 Å². The smallest absolute Gasteiger partial charge is 0.250 e. The Balaban J connectivity index is 0.000000219. The minimum Gasteiger partial charge on any atom is -0.496 e. The van der Waals surface area contributed by atoms with Gasteiger partial charge in [-0.15, -0.1) is 0 Å². The minimum atomic E-state index is -0.438. The molecular weight excluding hydrogens is 422 g/mol. The number of nitrogens with zero attached hydrogens (tertiary/aromatic N) is 2. The lowest BCUT2D eigenvalue weighted by Gasteiger charge is -2.26. The molecule has 0 radical (unpaired) electrons. The van der Waals surface area contributed by atoms with Crippen LogP contribution in [0.1, 0.15) is 80.4 Å². The number of primary amides is 1. The van der Waals surface area contributed by atoms with Crippen LogP contribution in [0.15, 0.2) is 55.0 Å². The van der Waals surface area contributed by atoms with Crippen molar-refractivity contribution in [3.05, 3.63) is 71.8 Å². The quantitative estimate of drug-likeness (QED) is 0.457. The number of hydrogen-bond acceptors (Lipinski definition) is 3. The molecule has 5 nitrogen and oxygen atoms in total. The highest BCUT2D eigenvalue weighted by Crippen LogP contribution is 2.35. The van der Waals surface area contributed by atoms with E-state index in [0.717, 1.165) is 34.4 Å². The molecule has 0 bridgehead atoms. The van der Waals surface area contributed by atoms with Gasteiger partial charge in [0.2, 0.25) is 0 Å². The first-order valence-corrected chi connectivity index (χ1v) is 12.3. The van der Waals surface area contributed by atoms with Crippen LogP contribution in [0.4, 0.5) is 0 Å². The van der Waals surface area contributed by atoms with Gasteiger partial charge in [0.05, 0.1) is 12.7 Å². The first-order chi connectivity index (χ1) is 16.3. The average molecular weight is 464 g/mol. The molecule has 1 saturated carbocycles. The van der Waals surface area contributed by atoms with Crippen molar-refractivity contribution >= 4 is 5.91 Å². The SMILES string of the molecule is CCC.COc1ccccc1-c1cn(C)cc1C(N)=O.Cc1cc(C2CCC(C)CC2)ccn1. The van der Waals surface area contributed by atoms with E-state index in [4.69, 9.17) is 10.5 Å². The highest BCUT2D eigenvalue weighted by molar-refractivity contribution is 6.00. The number of pyridine rings is 1. The van der Waals surface area contributed by atoms with Crippen molar-refractivity contribution in [2.75, 3.05) is 7.11 Å². The van der Waals surface area contributed by atoms with Crippen LogP contribution in [-0.2, 0) is 7.05 Å². The van der Waals surface area contributed by atoms with E-state index in [1.54, 1.807) is 13.3 Å². The maximum absolute atomic E-state index is 11.4. The Morgan fingerprint density at radius 1 is 1.09 bits per heavy atom. The predicted octanol–water partition coefficient (Wildman–Crippen LogP) is 6.90. The zero-order chi connectivity index (χ0) is 25.1. The third-order valence-electron chi connectivity index (χ3n) is 6.03. The van der Waals surface area contributed by atoms with Gasteiger partial charge in [-0.25, -0.2) is 0 Å². The van der Waals surface area contributed by atoms with E-state index >= 15 is 0 Å². The van der Waals surface area contributed by atoms with Crippen LogP contribution < -0.4 is 10.5 Å². The van der Waals surface area contributed by atoms with Gasteiger partial charge >= 0.3 is 0 Å². The van der Waals surface area contributed by atoms with Crippen LogP contribution in [0.25, 0.3) is 11.1 Å². The molecule has 184 valence electrons. The summed E-state index contributed by atoms with van der Waals surface area (Å²) in [6.45, 7) is 8.70. The summed E-state index contributed by atoms with van der Waals surface area (Å²) in [5.41, 5.74) is 10.2. The van der Waals surface area contributed by atoms with Crippen LogP contribution in [0, 0.1) is 12.8 Å². The molecule has 34 heavy (non-hydrogen) atoms. The fraction of sp³-hybridized carbons (Fsp3) is 0.448. The van der Waals surface area contributed by atoms with Crippen molar-refractivity contribution in [1.82, 2.24) is 9.55 Å². The average Bonchev–Trinajstić information content (AvgIpc) is 3.22. The minimum absolute atomic E-state index is 0.438. The largest absolute Gasteiger partial charge is 0.496 e. The Morgan fingerprint density at radius 2 is 1.74 bits per heavy atom. The van der Waals surface area contributed by atoms with Crippen LogP contribution in [0.3, 0.4) is 0 Å². The van der Waals surface area contributed by atoms with Gasteiger partial charge in [-0.05, 0) is 55.4 Å². The van der Waals surface area contributed by atoms with Gasteiger partial charge in [-0.2, -0.15) is 0 Å². The molecule has 1 aromatic carbocycles. The van der Waals surface area contributed by atoms with Gasteiger partial charge in [0.1, 0.15) is 5.75 Å². The Kier molecular flexibility index (Phi) is 10.9. The molecule has 0 saturated heterocycles. The van der Waals surface area contributed by atoms with E-state index in [-0.39, 0.29) is 0 Å². The van der Waals surface area contributed by atoms with Gasteiger partial charge in [-0.3, -0.25) is 9.78 Å². The predicted molar refractivity (Wildman–Crippen MR) is 141 cm³/mol. The fourth-order valence-electron chi connectivity index (χ4n) is 4.28. The number of ether oxygens (including phenoxy) is 1. The van der Waals surface area contributed by atoms with E-state index in [1.807, 2.05) is 48.3 Å². The lowest BCUT2D eigenvalue weighted by molar-refractivity contribution is 0.100. The molecule has 1 aliphatic rings. The second-order valence-electron chi connectivity index (χ2n) is 9.21. The topological polar surface area (TPSA) is 70.1 Å². The number of rotatable bonds is 4. The highest BCUT2D eigenvalue weighted by Gasteiger charge is 2.19. The Hall–Kier alpha value is -3.08. The van der Waals surface area contributed by atoms with Gasteiger partial charge in [0, 0.05) is 42.5 Å². The number of carbonyl (C=O) groups is 1. The lowest BCUT2D eigenvalue weighted by atomic mass is 9.79. The summed E-state index contributed by atoms with van der Waals surface area (Å²) in [6.07, 6.45) is 12.3. The first-order valence-electron chi connectivity index (χ1n) is 12.3. The molecule has 2 heterocycles. The van der Waals surface area contributed by atoms with E-state index in [0.29, 0.717) is 5.56 Å². The number of methoxy groups -OCH3 is 1. The number of nitrogens with two attached hydrogens (primary N) is 1. The summed E-state index contributed by atoms with van der Waals surface area (Å²) in [7, 11) is 3.46. The van der Waals surface area contributed by atoms with Gasteiger partial charge < -0.3 is 15.0 Å². The number of aryl methyl sites for hydroxylation is 2. The molecule has 0 aliphatic heterocycles. The van der Waals surface area contributed by atoms with E-state index in [9.17, 15) is 4.79 Å². The maximum Gasteiger partial charge on any atom is 0.250 e.